The van der Waals surface area contributed by atoms with E-state index in [-0.39, 0.29) is 23.4 Å². The number of anilines is 1. The van der Waals surface area contributed by atoms with Crippen LogP contribution in [0, 0.1) is 29.1 Å². The van der Waals surface area contributed by atoms with Gasteiger partial charge in [-0.1, -0.05) is 110 Å². The molecule has 5 unspecified atom stereocenters. The van der Waals surface area contributed by atoms with E-state index >= 15 is 0 Å². The Labute approximate surface area is 495 Å². The van der Waals surface area contributed by atoms with Crippen LogP contribution in [0.4, 0.5) is 5.69 Å². The average Bonchev–Trinajstić information content (AvgIpc) is 2.81. The van der Waals surface area contributed by atoms with E-state index in [9.17, 15) is 4.79 Å². The van der Waals surface area contributed by atoms with Crippen molar-refractivity contribution in [3.05, 3.63) is 121 Å². The third kappa shape index (κ3) is 14.6. The summed E-state index contributed by atoms with van der Waals surface area (Å²) in [6.45, 7) is 40.9. The number of aromatic nitrogens is 2. The van der Waals surface area contributed by atoms with Crippen molar-refractivity contribution in [1.29, 1.82) is 0 Å². The molecule has 4 aliphatic heterocycles. The topological polar surface area (TPSA) is 101 Å². The van der Waals surface area contributed by atoms with E-state index in [1.54, 1.807) is 0 Å². The molecule has 2 aromatic carbocycles. The first-order chi connectivity index (χ1) is 39.5. The van der Waals surface area contributed by atoms with Gasteiger partial charge in [0.15, 0.2) is 0 Å². The SMILES string of the molecule is C=C(C[C@H](N)C1CC1)N1CC(C)C(C=O)C1.C=CCCC(C)(C)Cc1c(-c2cc(N3CCN4CCCCC4C3)cnc2C(C)C)n(CC)c2ccc(-c3cccc(CC(NC(=C)C(C4CCCC4)N(C)C)C(=C)N4CCCCN4)c3)cc12. The third-order valence-corrected chi connectivity index (χ3v) is 19.7. The fourth-order valence-electron chi connectivity index (χ4n) is 14.8. The van der Waals surface area contributed by atoms with Crippen LogP contribution < -0.4 is 21.4 Å². The summed E-state index contributed by atoms with van der Waals surface area (Å²) in [6.07, 6.45) is 24.2. The molecule has 0 radical (unpaired) electrons. The minimum Gasteiger partial charge on any atom is -0.379 e. The van der Waals surface area contributed by atoms with Crippen LogP contribution in [0.25, 0.3) is 33.3 Å². The van der Waals surface area contributed by atoms with Crippen LogP contribution in [0.1, 0.15) is 154 Å². The number of hydrazine groups is 1. The molecule has 0 amide bonds. The maximum Gasteiger partial charge on any atom is 0.125 e. The number of aryl methyl sites for hydroxylation is 1. The van der Waals surface area contributed by atoms with Gasteiger partial charge in [0.05, 0.1) is 35.4 Å². The van der Waals surface area contributed by atoms with E-state index in [0.29, 0.717) is 29.8 Å². The summed E-state index contributed by atoms with van der Waals surface area (Å²) in [5.41, 5.74) is 24.8. The molecule has 10 rings (SSSR count). The van der Waals surface area contributed by atoms with Crippen LogP contribution in [0.2, 0.25) is 0 Å². The Kier molecular flexibility index (Phi) is 20.7. The van der Waals surface area contributed by atoms with Crippen LogP contribution >= 0.6 is 0 Å². The predicted octanol–water partition coefficient (Wildman–Crippen LogP) is 13.4. The molecule has 6 atom stereocenters. The largest absolute Gasteiger partial charge is 0.379 e. The van der Waals surface area contributed by atoms with Crippen molar-refractivity contribution >= 4 is 22.9 Å². The molecule has 0 spiro atoms. The molecule has 6 fully saturated rings. The van der Waals surface area contributed by atoms with E-state index in [0.717, 1.165) is 114 Å². The summed E-state index contributed by atoms with van der Waals surface area (Å²) in [6, 6.07) is 20.3. The van der Waals surface area contributed by atoms with Gasteiger partial charge in [-0.25, -0.2) is 5.43 Å². The highest BCUT2D eigenvalue weighted by molar-refractivity contribution is 5.95. The maximum atomic E-state index is 10.8. The minimum absolute atomic E-state index is 0.0151. The number of pyridine rings is 1. The molecule has 4 N–H and O–H groups in total. The first-order valence-corrected chi connectivity index (χ1v) is 32.3. The number of nitrogens with two attached hydrogens (primary N) is 1. The highest BCUT2D eigenvalue weighted by Gasteiger charge is 2.36. The number of carbonyl (C=O) groups is 1. The van der Waals surface area contributed by atoms with Gasteiger partial charge in [0.25, 0.3) is 0 Å². The lowest BCUT2D eigenvalue weighted by atomic mass is 9.80. The van der Waals surface area contributed by atoms with E-state index in [4.69, 9.17) is 23.9 Å². The Balaban J connectivity index is 0.000000434. The second-order valence-electron chi connectivity index (χ2n) is 27.2. The molecule has 2 saturated carbocycles. The number of rotatable bonds is 24. The molecular weight excluding hydrogens is 1010 g/mol. The Hall–Kier alpha value is -5.20. The number of hydrogen-bond acceptors (Lipinski definition) is 10. The summed E-state index contributed by atoms with van der Waals surface area (Å²) in [5, 5.41) is 7.65. The standard InChI is InChI=1S/C58H84N8.C13H22N2O/c1-11-13-28-58(7,8)38-52-50-36-47(26-27-54(50)65(12-2)57(52)51-37-49(39-59-55(51)41(3)4)64-33-32-63-30-18-16-25-48(63)40-64)46-24-20-21-44(34-46)35-53(43(6)66-31-19-17-29-60-66)61-42(5)56(62(9)10)45-22-14-15-23-45;1-9-6-15(7-12(9)8-16)10(2)5-13(14)11-3-4-11/h11,20-21,24,26-27,34,36-37,39,41,45,48,53,56,60-61H,1,5-6,12-19,22-23,25,28-33,35,38,40H2,2-4,7-10H3;8-9,11-13H,2-7,14H2,1H3/t;9?,12?,13-/m.0/s1. The van der Waals surface area contributed by atoms with Gasteiger partial charge in [0.1, 0.15) is 6.29 Å². The number of nitrogens with one attached hydrogen (secondary N) is 2. The number of hydrogen-bond donors (Lipinski definition) is 3. The normalized spacial score (nSPS) is 22.0. The molecule has 11 nitrogen and oxygen atoms in total. The number of allylic oxidation sites excluding steroid dienone is 1. The first-order valence-electron chi connectivity index (χ1n) is 32.3. The van der Waals surface area contributed by atoms with E-state index in [2.05, 4.69) is 170 Å². The summed E-state index contributed by atoms with van der Waals surface area (Å²) >= 11 is 0. The van der Waals surface area contributed by atoms with Crippen molar-refractivity contribution in [2.45, 2.75) is 181 Å². The maximum absolute atomic E-state index is 10.8. The Morgan fingerprint density at radius 2 is 1.66 bits per heavy atom. The molecule has 82 heavy (non-hydrogen) atoms. The van der Waals surface area contributed by atoms with Crippen LogP contribution in [0.3, 0.4) is 0 Å². The lowest BCUT2D eigenvalue weighted by molar-refractivity contribution is -0.111. The molecular formula is C71H106N10O. The first kappa shape index (κ1) is 61.4. The molecule has 2 aromatic heterocycles. The fraction of sp³-hybridized carbons (Fsp3) is 0.606. The van der Waals surface area contributed by atoms with E-state index in [1.165, 1.54) is 133 Å². The predicted molar refractivity (Wildman–Crippen MR) is 346 cm³/mol. The number of carbonyl (C=O) groups excluding carboxylic acids is 1. The van der Waals surface area contributed by atoms with Gasteiger partial charge in [-0.2, -0.15) is 0 Å². The monoisotopic (exact) mass is 1110 g/mol. The quantitative estimate of drug-likeness (QED) is 0.0465. The second kappa shape index (κ2) is 27.7. The van der Waals surface area contributed by atoms with Gasteiger partial charge in [-0.05, 0) is 174 Å². The lowest BCUT2D eigenvalue weighted by Gasteiger charge is -2.45. The molecule has 0 bridgehead atoms. The summed E-state index contributed by atoms with van der Waals surface area (Å²) < 4.78 is 2.61. The number of nitrogens with zero attached hydrogens (tertiary/aromatic N) is 7. The number of piperazine rings is 1. The van der Waals surface area contributed by atoms with Crippen molar-refractivity contribution in [2.24, 2.45) is 34.8 Å². The van der Waals surface area contributed by atoms with Crippen molar-refractivity contribution in [3.63, 3.8) is 0 Å². The van der Waals surface area contributed by atoms with Gasteiger partial charge in [-0.3, -0.25) is 9.88 Å². The zero-order valence-corrected chi connectivity index (χ0v) is 52.2. The summed E-state index contributed by atoms with van der Waals surface area (Å²) in [7, 11) is 4.43. The van der Waals surface area contributed by atoms with Gasteiger partial charge in [0, 0.05) is 110 Å². The zero-order valence-electron chi connectivity index (χ0n) is 52.2. The number of likely N-dealkylation sites (N-methyl/N-ethyl adjacent to an activating group) is 1. The van der Waals surface area contributed by atoms with Crippen LogP contribution in [0.5, 0.6) is 0 Å². The van der Waals surface area contributed by atoms with Crippen LogP contribution in [0.15, 0.2) is 104 Å². The molecule has 2 aliphatic carbocycles. The number of benzene rings is 2. The van der Waals surface area contributed by atoms with Gasteiger partial charge in [0.2, 0.25) is 0 Å². The van der Waals surface area contributed by atoms with Crippen molar-refractivity contribution in [2.75, 3.05) is 71.4 Å². The minimum atomic E-state index is 0.0151. The van der Waals surface area contributed by atoms with Gasteiger partial charge >= 0.3 is 0 Å². The second-order valence-corrected chi connectivity index (χ2v) is 27.2. The Morgan fingerprint density at radius 3 is 2.34 bits per heavy atom. The molecule has 446 valence electrons. The van der Waals surface area contributed by atoms with Gasteiger partial charge < -0.3 is 40.1 Å². The Bertz CT molecular complexity index is 2830. The number of aldehydes is 1. The highest BCUT2D eigenvalue weighted by atomic mass is 16.1. The third-order valence-electron chi connectivity index (χ3n) is 19.7. The molecule has 6 heterocycles. The Morgan fingerprint density at radius 1 is 0.902 bits per heavy atom. The number of piperidine rings is 1. The van der Waals surface area contributed by atoms with Crippen LogP contribution in [-0.2, 0) is 24.2 Å². The average molecular weight is 1120 g/mol. The van der Waals surface area contributed by atoms with Crippen molar-refractivity contribution < 1.29 is 4.79 Å². The molecule has 4 aromatic rings. The number of likely N-dealkylation sites (tertiary alicyclic amines) is 1. The van der Waals surface area contributed by atoms with Crippen molar-refractivity contribution in [3.8, 4) is 22.4 Å². The molecule has 11 heteroatoms. The number of fused-ring (bicyclic) bond motifs is 2. The van der Waals surface area contributed by atoms with Crippen molar-refractivity contribution in [1.82, 2.24) is 40.0 Å². The highest BCUT2D eigenvalue weighted by Crippen LogP contribution is 2.44. The molecule has 4 saturated heterocycles. The molecule has 6 aliphatic rings. The lowest BCUT2D eigenvalue weighted by Crippen LogP contribution is -2.54. The summed E-state index contributed by atoms with van der Waals surface area (Å²) in [5.74, 6) is 2.27. The smallest absolute Gasteiger partial charge is 0.125 e. The van der Waals surface area contributed by atoms with Gasteiger partial charge in [-0.15, -0.1) is 6.58 Å². The fourth-order valence-corrected chi connectivity index (χ4v) is 14.8. The zero-order chi connectivity index (χ0) is 58.2. The van der Waals surface area contributed by atoms with Crippen LogP contribution in [-0.4, -0.2) is 126 Å². The van der Waals surface area contributed by atoms with E-state index in [1.807, 2.05) is 0 Å². The van der Waals surface area contributed by atoms with E-state index < -0.39 is 0 Å². The summed E-state index contributed by atoms with van der Waals surface area (Å²) in [4.78, 5) is 26.2.